The molecule has 0 fully saturated rings. The van der Waals surface area contributed by atoms with Gasteiger partial charge in [0, 0.05) is 12.8 Å². The van der Waals surface area contributed by atoms with Crippen LogP contribution < -0.4 is 0 Å². The maximum absolute atomic E-state index is 11.9. The molecule has 0 aromatic carbocycles. The topological polar surface area (TPSA) is 58.9 Å². The maximum atomic E-state index is 11.9. The Morgan fingerprint density at radius 3 is 2.88 bits per heavy atom. The number of nitrogens with zero attached hydrogens (tertiary/aromatic N) is 1. The van der Waals surface area contributed by atoms with E-state index in [1.807, 2.05) is 13.8 Å². The Morgan fingerprint density at radius 2 is 2.35 bits per heavy atom. The van der Waals surface area contributed by atoms with E-state index in [1.54, 1.807) is 6.08 Å². The minimum absolute atomic E-state index is 0.0518. The molecule has 94 valence electrons. The summed E-state index contributed by atoms with van der Waals surface area (Å²) in [5, 5.41) is 13.8. The normalized spacial score (nSPS) is 21.6. The van der Waals surface area contributed by atoms with E-state index >= 15 is 0 Å². The number of carbonyl (C=O) groups is 1. The molecule has 4 nitrogen and oxygen atoms in total. The molecule has 0 saturated heterocycles. The average molecular weight is 237 g/mol. The van der Waals surface area contributed by atoms with E-state index in [4.69, 9.17) is 4.84 Å². The highest BCUT2D eigenvalue weighted by Gasteiger charge is 2.28. The number of hydrogen-bond donors (Lipinski definition) is 1. The van der Waals surface area contributed by atoms with E-state index in [-0.39, 0.29) is 17.5 Å². The first-order chi connectivity index (χ1) is 8.10. The van der Waals surface area contributed by atoms with Crippen molar-refractivity contribution in [3.63, 3.8) is 0 Å². The number of aliphatic hydroxyl groups is 1. The van der Waals surface area contributed by atoms with Crippen LogP contribution in [0.1, 0.15) is 33.1 Å². The van der Waals surface area contributed by atoms with E-state index in [1.165, 1.54) is 0 Å². The number of Topliss-reactive ketones (excluding diaryl/α,β-unsaturated/α-hetero) is 1. The number of carbonyl (C=O) groups excluding carboxylic acids is 1. The lowest BCUT2D eigenvalue weighted by atomic mass is 9.86. The minimum Gasteiger partial charge on any atom is -0.511 e. The van der Waals surface area contributed by atoms with Crippen molar-refractivity contribution in [2.75, 3.05) is 6.61 Å². The molecule has 1 unspecified atom stereocenters. The summed E-state index contributed by atoms with van der Waals surface area (Å²) in [5.41, 5.74) is 0.857. The Labute approximate surface area is 102 Å². The fraction of sp³-hybridized carbons (Fsp3) is 0.538. The molecule has 4 heteroatoms. The SMILES string of the molecule is C=CCON=C(CC)C1=C(O)CC(C)CC1=O. The highest BCUT2D eigenvalue weighted by molar-refractivity contribution is 6.22. The predicted octanol–water partition coefficient (Wildman–Crippen LogP) is 2.77. The molecule has 0 spiro atoms. The molecular formula is C13H19NO3. The second-order valence-corrected chi connectivity index (χ2v) is 4.23. The van der Waals surface area contributed by atoms with Gasteiger partial charge in [0.05, 0.1) is 11.3 Å². The lowest BCUT2D eigenvalue weighted by molar-refractivity contribution is -0.116. The zero-order chi connectivity index (χ0) is 12.8. The Hall–Kier alpha value is -1.58. The number of allylic oxidation sites excluding steroid dienone is 2. The fourth-order valence-corrected chi connectivity index (χ4v) is 1.87. The molecule has 0 aliphatic heterocycles. The first-order valence-electron chi connectivity index (χ1n) is 5.85. The van der Waals surface area contributed by atoms with Crippen LogP contribution in [-0.4, -0.2) is 23.2 Å². The highest BCUT2D eigenvalue weighted by atomic mass is 16.6. The molecule has 0 aromatic heterocycles. The molecule has 1 N–H and O–H groups in total. The van der Waals surface area contributed by atoms with E-state index in [0.717, 1.165) is 0 Å². The van der Waals surface area contributed by atoms with Crippen LogP contribution in [0.3, 0.4) is 0 Å². The summed E-state index contributed by atoms with van der Waals surface area (Å²) in [6.07, 6.45) is 3.12. The number of aliphatic hydroxyl groups excluding tert-OH is 1. The van der Waals surface area contributed by atoms with Crippen LogP contribution in [0.2, 0.25) is 0 Å². The van der Waals surface area contributed by atoms with Gasteiger partial charge >= 0.3 is 0 Å². The van der Waals surface area contributed by atoms with Gasteiger partial charge in [0.1, 0.15) is 12.4 Å². The molecule has 1 rings (SSSR count). The molecule has 0 radical (unpaired) electrons. The summed E-state index contributed by atoms with van der Waals surface area (Å²) >= 11 is 0. The van der Waals surface area contributed by atoms with Gasteiger partial charge in [0.15, 0.2) is 5.78 Å². The van der Waals surface area contributed by atoms with Gasteiger partial charge in [-0.2, -0.15) is 0 Å². The van der Waals surface area contributed by atoms with Gasteiger partial charge in [-0.3, -0.25) is 4.79 Å². The summed E-state index contributed by atoms with van der Waals surface area (Å²) < 4.78 is 0. The molecule has 0 aromatic rings. The van der Waals surface area contributed by atoms with Gasteiger partial charge < -0.3 is 9.94 Å². The number of oxime groups is 1. The van der Waals surface area contributed by atoms with Gasteiger partial charge in [-0.15, -0.1) is 0 Å². The molecule has 17 heavy (non-hydrogen) atoms. The quantitative estimate of drug-likeness (QED) is 0.346. The zero-order valence-electron chi connectivity index (χ0n) is 10.4. The first kappa shape index (κ1) is 13.5. The first-order valence-corrected chi connectivity index (χ1v) is 5.85. The smallest absolute Gasteiger partial charge is 0.168 e. The molecule has 1 aliphatic carbocycles. The number of rotatable bonds is 5. The number of hydrogen-bond acceptors (Lipinski definition) is 4. The Bertz CT molecular complexity index is 369. The summed E-state index contributed by atoms with van der Waals surface area (Å²) in [6.45, 7) is 7.63. The molecule has 0 heterocycles. The van der Waals surface area contributed by atoms with Crippen LogP contribution in [0.4, 0.5) is 0 Å². The van der Waals surface area contributed by atoms with Gasteiger partial charge in [-0.25, -0.2) is 0 Å². The van der Waals surface area contributed by atoms with Crippen molar-refractivity contribution in [1.29, 1.82) is 0 Å². The summed E-state index contributed by atoms with van der Waals surface area (Å²) in [7, 11) is 0. The van der Waals surface area contributed by atoms with E-state index in [9.17, 15) is 9.90 Å². The molecular weight excluding hydrogens is 218 g/mol. The van der Waals surface area contributed by atoms with Crippen molar-refractivity contribution in [2.24, 2.45) is 11.1 Å². The van der Waals surface area contributed by atoms with Crippen LogP contribution in [0.5, 0.6) is 0 Å². The second-order valence-electron chi connectivity index (χ2n) is 4.23. The van der Waals surface area contributed by atoms with Crippen LogP contribution in [0.15, 0.2) is 29.1 Å². The van der Waals surface area contributed by atoms with Crippen LogP contribution in [-0.2, 0) is 9.63 Å². The summed E-state index contributed by atoms with van der Waals surface area (Å²) in [4.78, 5) is 16.9. The third-order valence-electron chi connectivity index (χ3n) is 2.63. The lowest BCUT2D eigenvalue weighted by Crippen LogP contribution is -2.23. The van der Waals surface area contributed by atoms with E-state index in [2.05, 4.69) is 11.7 Å². The van der Waals surface area contributed by atoms with Crippen molar-refractivity contribution in [2.45, 2.75) is 33.1 Å². The molecule has 1 atom stereocenters. The van der Waals surface area contributed by atoms with Crippen molar-refractivity contribution in [3.8, 4) is 0 Å². The van der Waals surface area contributed by atoms with E-state index in [0.29, 0.717) is 37.2 Å². The van der Waals surface area contributed by atoms with Gasteiger partial charge in [-0.05, 0) is 12.3 Å². The second kappa shape index (κ2) is 6.23. The Balaban J connectivity index is 2.94. The predicted molar refractivity (Wildman–Crippen MR) is 66.9 cm³/mol. The van der Waals surface area contributed by atoms with E-state index < -0.39 is 0 Å². The van der Waals surface area contributed by atoms with Crippen molar-refractivity contribution in [1.82, 2.24) is 0 Å². The van der Waals surface area contributed by atoms with Crippen molar-refractivity contribution in [3.05, 3.63) is 24.0 Å². The average Bonchev–Trinajstić information content (AvgIpc) is 2.25. The largest absolute Gasteiger partial charge is 0.511 e. The molecule has 0 amide bonds. The minimum atomic E-state index is -0.0518. The third kappa shape index (κ3) is 3.44. The van der Waals surface area contributed by atoms with Gasteiger partial charge in [-0.1, -0.05) is 31.7 Å². The standard InChI is InChI=1S/C13H19NO3/c1-4-6-17-14-10(5-2)13-11(15)7-9(3)8-12(13)16/h4,9,15H,1,5-8H2,2-3H3. The lowest BCUT2D eigenvalue weighted by Gasteiger charge is -2.20. The Kier molecular flexibility index (Phi) is 4.94. The van der Waals surface area contributed by atoms with Crippen LogP contribution >= 0.6 is 0 Å². The molecule has 0 saturated carbocycles. The van der Waals surface area contributed by atoms with Crippen LogP contribution in [0, 0.1) is 5.92 Å². The van der Waals surface area contributed by atoms with Gasteiger partial charge in [0.2, 0.25) is 0 Å². The Morgan fingerprint density at radius 1 is 1.65 bits per heavy atom. The summed E-state index contributed by atoms with van der Waals surface area (Å²) in [6, 6.07) is 0. The highest BCUT2D eigenvalue weighted by Crippen LogP contribution is 2.26. The zero-order valence-corrected chi connectivity index (χ0v) is 10.4. The van der Waals surface area contributed by atoms with Gasteiger partial charge in [0.25, 0.3) is 0 Å². The van der Waals surface area contributed by atoms with Crippen molar-refractivity contribution >= 4 is 11.5 Å². The molecule has 0 bridgehead atoms. The summed E-state index contributed by atoms with van der Waals surface area (Å²) in [5.74, 6) is 0.277. The number of ketones is 1. The monoisotopic (exact) mass is 237 g/mol. The van der Waals surface area contributed by atoms with Crippen molar-refractivity contribution < 1.29 is 14.7 Å². The van der Waals surface area contributed by atoms with Crippen LogP contribution in [0.25, 0.3) is 0 Å². The third-order valence-corrected chi connectivity index (χ3v) is 2.63. The molecule has 1 aliphatic rings. The fourth-order valence-electron chi connectivity index (χ4n) is 1.87. The maximum Gasteiger partial charge on any atom is 0.168 e.